The molecule has 0 saturated carbocycles. The van der Waals surface area contributed by atoms with Crippen LogP contribution in [0.25, 0.3) is 17.1 Å². The van der Waals surface area contributed by atoms with Crippen LogP contribution in [0.15, 0.2) is 78.2 Å². The number of hydrogen-bond donors (Lipinski definition) is 2. The van der Waals surface area contributed by atoms with Crippen LogP contribution in [0.4, 0.5) is 32.0 Å². The molecule has 8 nitrogen and oxygen atoms in total. The molecular formula is C25H18F6N6O2S. The highest BCUT2D eigenvalue weighted by molar-refractivity contribution is 7.80. The third-order valence-electron chi connectivity index (χ3n) is 5.16. The smallest absolute Gasteiger partial charge is 0.497 e. The first kappa shape index (κ1) is 28.4. The summed E-state index contributed by atoms with van der Waals surface area (Å²) in [6.45, 7) is 0. The van der Waals surface area contributed by atoms with Crippen molar-refractivity contribution < 1.29 is 35.8 Å². The second-order valence-electron chi connectivity index (χ2n) is 7.91. The lowest BCUT2D eigenvalue weighted by Crippen LogP contribution is -2.25. The zero-order valence-electron chi connectivity index (χ0n) is 20.3. The Morgan fingerprint density at radius 2 is 1.62 bits per heavy atom. The number of thiocarbonyl (C=S) groups is 1. The summed E-state index contributed by atoms with van der Waals surface area (Å²) in [4.78, 5) is 4.22. The molecule has 2 N–H and O–H groups in total. The highest BCUT2D eigenvalue weighted by atomic mass is 32.1. The number of hydrazone groups is 1. The van der Waals surface area contributed by atoms with Gasteiger partial charge in [0.15, 0.2) is 10.9 Å². The number of benzene rings is 3. The van der Waals surface area contributed by atoms with Gasteiger partial charge in [-0.3, -0.25) is 5.43 Å². The van der Waals surface area contributed by atoms with E-state index in [1.54, 1.807) is 24.3 Å². The Labute approximate surface area is 228 Å². The van der Waals surface area contributed by atoms with Gasteiger partial charge in [0.2, 0.25) is 0 Å². The van der Waals surface area contributed by atoms with E-state index in [1.807, 2.05) is 0 Å². The molecule has 0 fully saturated rings. The van der Waals surface area contributed by atoms with Gasteiger partial charge in [-0.15, -0.1) is 18.3 Å². The summed E-state index contributed by atoms with van der Waals surface area (Å²) >= 11 is 5.04. The summed E-state index contributed by atoms with van der Waals surface area (Å²) < 4.78 is 87.2. The minimum atomic E-state index is -4.78. The van der Waals surface area contributed by atoms with Gasteiger partial charge in [-0.25, -0.2) is 9.67 Å². The molecule has 15 heteroatoms. The number of alkyl halides is 6. The monoisotopic (exact) mass is 580 g/mol. The molecule has 3 aromatic carbocycles. The maximum atomic E-state index is 13.4. The normalized spacial score (nSPS) is 11.9. The van der Waals surface area contributed by atoms with Gasteiger partial charge in [-0.1, -0.05) is 24.3 Å². The molecular weight excluding hydrogens is 562 g/mol. The van der Waals surface area contributed by atoms with E-state index in [1.165, 1.54) is 60.7 Å². The van der Waals surface area contributed by atoms with E-state index in [0.29, 0.717) is 22.6 Å². The van der Waals surface area contributed by atoms with E-state index in [2.05, 4.69) is 30.7 Å². The second kappa shape index (κ2) is 11.6. The Morgan fingerprint density at radius 3 is 2.25 bits per heavy atom. The fourth-order valence-electron chi connectivity index (χ4n) is 3.35. The van der Waals surface area contributed by atoms with Gasteiger partial charge in [-0.2, -0.15) is 18.3 Å². The van der Waals surface area contributed by atoms with Crippen molar-refractivity contribution in [2.75, 3.05) is 12.4 Å². The molecule has 208 valence electrons. The van der Waals surface area contributed by atoms with Gasteiger partial charge >= 0.3 is 12.5 Å². The molecule has 0 radical (unpaired) electrons. The highest BCUT2D eigenvalue weighted by Crippen LogP contribution is 2.37. The molecule has 0 spiro atoms. The molecule has 40 heavy (non-hydrogen) atoms. The van der Waals surface area contributed by atoms with Gasteiger partial charge in [-0.05, 0) is 60.2 Å². The summed E-state index contributed by atoms with van der Waals surface area (Å²) in [5.41, 5.74) is 3.02. The van der Waals surface area contributed by atoms with E-state index >= 15 is 0 Å². The van der Waals surface area contributed by atoms with Crippen LogP contribution in [0.5, 0.6) is 11.5 Å². The maximum Gasteiger partial charge on any atom is 0.573 e. The summed E-state index contributed by atoms with van der Waals surface area (Å²) in [6.07, 6.45) is -6.59. The number of ether oxygens (including phenoxy) is 2. The third kappa shape index (κ3) is 7.47. The molecule has 1 aromatic heterocycles. The molecule has 0 amide bonds. The van der Waals surface area contributed by atoms with E-state index in [-0.39, 0.29) is 22.3 Å². The first-order chi connectivity index (χ1) is 18.9. The summed E-state index contributed by atoms with van der Waals surface area (Å²) in [5, 5.41) is 10.6. The SMILES string of the molecule is COc1ccc(NC(=S)N/N=C/c2ccc(-c3ncn(-c4ccc(OC(F)(F)F)cc4)n3)cc2)c(C(F)(F)F)c1. The summed E-state index contributed by atoms with van der Waals surface area (Å²) in [6, 6.07) is 15.4. The number of hydrogen-bond acceptors (Lipinski definition) is 6. The van der Waals surface area contributed by atoms with Gasteiger partial charge in [0.25, 0.3) is 0 Å². The number of nitrogens with zero attached hydrogens (tertiary/aromatic N) is 4. The van der Waals surface area contributed by atoms with Crippen molar-refractivity contribution in [3.8, 4) is 28.6 Å². The molecule has 0 aliphatic carbocycles. The van der Waals surface area contributed by atoms with Crippen LogP contribution in [-0.2, 0) is 6.18 Å². The van der Waals surface area contributed by atoms with Gasteiger partial charge in [0.05, 0.1) is 30.3 Å². The first-order valence-corrected chi connectivity index (χ1v) is 11.6. The quantitative estimate of drug-likeness (QED) is 0.117. The lowest BCUT2D eigenvalue weighted by molar-refractivity contribution is -0.274. The van der Waals surface area contributed by atoms with Crippen LogP contribution in [0, 0.1) is 0 Å². The first-order valence-electron chi connectivity index (χ1n) is 11.1. The van der Waals surface area contributed by atoms with E-state index in [4.69, 9.17) is 17.0 Å². The minimum Gasteiger partial charge on any atom is -0.497 e. The average molecular weight is 581 g/mol. The molecule has 0 unspecified atom stereocenters. The Morgan fingerprint density at radius 1 is 0.950 bits per heavy atom. The van der Waals surface area contributed by atoms with Crippen molar-refractivity contribution in [3.05, 3.63) is 84.2 Å². The van der Waals surface area contributed by atoms with E-state index in [9.17, 15) is 26.3 Å². The molecule has 0 bridgehead atoms. The van der Waals surface area contributed by atoms with Gasteiger partial charge < -0.3 is 14.8 Å². The average Bonchev–Trinajstić information content (AvgIpc) is 3.38. The number of rotatable bonds is 7. The van der Waals surface area contributed by atoms with Crippen molar-refractivity contribution in [2.24, 2.45) is 5.10 Å². The Bertz CT molecular complexity index is 1500. The van der Waals surface area contributed by atoms with Crippen LogP contribution in [0.1, 0.15) is 11.1 Å². The number of anilines is 1. The van der Waals surface area contributed by atoms with Crippen LogP contribution >= 0.6 is 12.2 Å². The Kier molecular flexibility index (Phi) is 8.23. The third-order valence-corrected chi connectivity index (χ3v) is 5.35. The topological polar surface area (TPSA) is 85.6 Å². The Balaban J connectivity index is 1.36. The molecule has 4 aromatic rings. The summed E-state index contributed by atoms with van der Waals surface area (Å²) in [7, 11) is 1.27. The second-order valence-corrected chi connectivity index (χ2v) is 8.32. The number of methoxy groups -OCH3 is 1. The van der Waals surface area contributed by atoms with Gasteiger partial charge in [0, 0.05) is 5.56 Å². The zero-order chi connectivity index (χ0) is 28.9. The van der Waals surface area contributed by atoms with Crippen LogP contribution in [-0.4, -0.2) is 39.6 Å². The fourth-order valence-corrected chi connectivity index (χ4v) is 3.51. The molecule has 0 saturated heterocycles. The molecule has 1 heterocycles. The highest BCUT2D eigenvalue weighted by Gasteiger charge is 2.34. The maximum absolute atomic E-state index is 13.4. The zero-order valence-corrected chi connectivity index (χ0v) is 21.1. The fraction of sp³-hybridized carbons (Fsp3) is 0.120. The predicted octanol–water partition coefficient (Wildman–Crippen LogP) is 6.18. The van der Waals surface area contributed by atoms with Crippen molar-refractivity contribution in [1.29, 1.82) is 0 Å². The summed E-state index contributed by atoms with van der Waals surface area (Å²) in [5.74, 6) is 0.0584. The number of halogens is 6. The molecule has 0 atom stereocenters. The van der Waals surface area contributed by atoms with E-state index < -0.39 is 18.1 Å². The van der Waals surface area contributed by atoms with Crippen LogP contribution in [0.2, 0.25) is 0 Å². The van der Waals surface area contributed by atoms with E-state index in [0.717, 1.165) is 6.07 Å². The Hall–Kier alpha value is -4.66. The number of aromatic nitrogens is 3. The standard InChI is InChI=1S/C25H18F6N6O2S/c1-38-19-10-11-21(20(12-19)24(26,27)28)34-23(40)35-33-13-15-2-4-16(5-3-15)22-32-14-37(36-22)17-6-8-18(9-7-17)39-25(29,30)31/h2-14H,1H3,(H2,34,35,40)/b33-13+. The van der Waals surface area contributed by atoms with Crippen LogP contribution in [0.3, 0.4) is 0 Å². The van der Waals surface area contributed by atoms with Crippen molar-refractivity contribution in [1.82, 2.24) is 20.2 Å². The van der Waals surface area contributed by atoms with Crippen LogP contribution < -0.4 is 20.2 Å². The van der Waals surface area contributed by atoms with Crippen molar-refractivity contribution in [2.45, 2.75) is 12.5 Å². The molecule has 0 aliphatic rings. The molecule has 4 rings (SSSR count). The predicted molar refractivity (Wildman–Crippen MR) is 138 cm³/mol. The lowest BCUT2D eigenvalue weighted by Gasteiger charge is -2.15. The van der Waals surface area contributed by atoms with Crippen molar-refractivity contribution >= 4 is 29.2 Å². The van der Waals surface area contributed by atoms with Crippen molar-refractivity contribution in [3.63, 3.8) is 0 Å². The lowest BCUT2D eigenvalue weighted by atomic mass is 10.1. The largest absolute Gasteiger partial charge is 0.573 e. The van der Waals surface area contributed by atoms with Gasteiger partial charge in [0.1, 0.15) is 17.8 Å². The minimum absolute atomic E-state index is 0.0498. The number of nitrogens with one attached hydrogen (secondary N) is 2. The molecule has 0 aliphatic heterocycles.